The minimum atomic E-state index is -1.06. The van der Waals surface area contributed by atoms with Gasteiger partial charge in [-0.3, -0.25) is 9.78 Å². The number of aryl methyl sites for hydroxylation is 1. The number of aliphatic hydroxyl groups excluding tert-OH is 1. The summed E-state index contributed by atoms with van der Waals surface area (Å²) in [7, 11) is 0. The topological polar surface area (TPSA) is 88.3 Å². The van der Waals surface area contributed by atoms with Crippen LogP contribution in [-0.4, -0.2) is 15.1 Å². The Morgan fingerprint density at radius 1 is 1.23 bits per heavy atom. The zero-order valence-electron chi connectivity index (χ0n) is 13.8. The molecule has 0 fully saturated rings. The number of benzene rings is 1. The quantitative estimate of drug-likeness (QED) is 0.536. The monoisotopic (exact) mass is 365 g/mol. The second-order valence-electron chi connectivity index (χ2n) is 5.76. The van der Waals surface area contributed by atoms with E-state index in [0.29, 0.717) is 27.4 Å². The zero-order chi connectivity index (χ0) is 18.1. The fraction of sp³-hybridized carbons (Fsp3) is 0.105. The first-order chi connectivity index (χ1) is 12.6. The molecule has 0 aliphatic carbocycles. The smallest absolute Gasteiger partial charge is 0.193 e. The number of pyridine rings is 1. The molecular formula is C19H15N3O3S. The first-order valence-electron chi connectivity index (χ1n) is 7.96. The van der Waals surface area contributed by atoms with E-state index < -0.39 is 6.23 Å². The van der Waals surface area contributed by atoms with Crippen LogP contribution in [0.25, 0.3) is 22.3 Å². The lowest BCUT2D eigenvalue weighted by atomic mass is 10.1. The summed E-state index contributed by atoms with van der Waals surface area (Å²) in [4.78, 5) is 21.7. The van der Waals surface area contributed by atoms with Crippen LogP contribution in [-0.2, 0) is 0 Å². The molecule has 4 aromatic rings. The molecule has 0 bridgehead atoms. The SMILES string of the molecule is Cc1cnc(NC(O)c2cccc3c(=O)cc(-c4ccncc4)oc23)s1. The van der Waals surface area contributed by atoms with Gasteiger partial charge in [0, 0.05) is 40.7 Å². The molecule has 1 unspecified atom stereocenters. The van der Waals surface area contributed by atoms with Crippen LogP contribution < -0.4 is 10.7 Å². The highest BCUT2D eigenvalue weighted by atomic mass is 32.1. The molecule has 0 radical (unpaired) electrons. The highest BCUT2D eigenvalue weighted by Crippen LogP contribution is 2.29. The van der Waals surface area contributed by atoms with E-state index in [1.807, 2.05) is 6.92 Å². The summed E-state index contributed by atoms with van der Waals surface area (Å²) in [6, 6.07) is 10.1. The summed E-state index contributed by atoms with van der Waals surface area (Å²) in [5, 5.41) is 14.6. The molecule has 4 rings (SSSR count). The molecule has 0 amide bonds. The number of aliphatic hydroxyl groups is 1. The van der Waals surface area contributed by atoms with Gasteiger partial charge < -0.3 is 14.8 Å². The summed E-state index contributed by atoms with van der Waals surface area (Å²) < 4.78 is 5.98. The van der Waals surface area contributed by atoms with Crippen molar-refractivity contribution in [3.05, 3.63) is 75.7 Å². The molecule has 7 heteroatoms. The maximum absolute atomic E-state index is 12.5. The summed E-state index contributed by atoms with van der Waals surface area (Å²) in [6.45, 7) is 1.94. The van der Waals surface area contributed by atoms with Crippen molar-refractivity contribution in [2.24, 2.45) is 0 Å². The average molecular weight is 365 g/mol. The molecule has 3 aromatic heterocycles. The molecule has 0 saturated carbocycles. The van der Waals surface area contributed by atoms with E-state index in [1.54, 1.807) is 48.9 Å². The zero-order valence-corrected chi connectivity index (χ0v) is 14.7. The molecule has 130 valence electrons. The van der Waals surface area contributed by atoms with Gasteiger partial charge in [-0.1, -0.05) is 12.1 Å². The Balaban J connectivity index is 1.82. The van der Waals surface area contributed by atoms with Gasteiger partial charge in [-0.15, -0.1) is 11.3 Å². The highest BCUT2D eigenvalue weighted by Gasteiger charge is 2.17. The second-order valence-corrected chi connectivity index (χ2v) is 6.99. The van der Waals surface area contributed by atoms with Crippen molar-refractivity contribution >= 4 is 27.4 Å². The largest absolute Gasteiger partial charge is 0.455 e. The fourth-order valence-electron chi connectivity index (χ4n) is 2.69. The Bertz CT molecular complexity index is 1120. The lowest BCUT2D eigenvalue weighted by Gasteiger charge is -2.14. The van der Waals surface area contributed by atoms with Gasteiger partial charge in [0.25, 0.3) is 0 Å². The maximum atomic E-state index is 12.5. The van der Waals surface area contributed by atoms with Crippen molar-refractivity contribution in [1.82, 2.24) is 9.97 Å². The molecule has 1 atom stereocenters. The molecule has 0 aliphatic heterocycles. The van der Waals surface area contributed by atoms with Crippen molar-refractivity contribution in [2.45, 2.75) is 13.2 Å². The molecule has 2 N–H and O–H groups in total. The first-order valence-corrected chi connectivity index (χ1v) is 8.77. The molecule has 6 nitrogen and oxygen atoms in total. The van der Waals surface area contributed by atoms with Gasteiger partial charge in [0.15, 0.2) is 16.8 Å². The number of nitrogens with one attached hydrogen (secondary N) is 1. The summed E-state index contributed by atoms with van der Waals surface area (Å²) in [5.74, 6) is 0.426. The average Bonchev–Trinajstić information content (AvgIpc) is 3.06. The predicted molar refractivity (Wildman–Crippen MR) is 101 cm³/mol. The van der Waals surface area contributed by atoms with E-state index >= 15 is 0 Å². The van der Waals surface area contributed by atoms with E-state index in [2.05, 4.69) is 15.3 Å². The van der Waals surface area contributed by atoms with E-state index in [-0.39, 0.29) is 5.43 Å². The van der Waals surface area contributed by atoms with Crippen molar-refractivity contribution in [3.8, 4) is 11.3 Å². The normalized spacial score (nSPS) is 12.2. The molecule has 3 heterocycles. The Morgan fingerprint density at radius 2 is 2.04 bits per heavy atom. The van der Waals surface area contributed by atoms with Gasteiger partial charge in [0.05, 0.1) is 5.39 Å². The second kappa shape index (κ2) is 6.70. The number of para-hydroxylation sites is 1. The van der Waals surface area contributed by atoms with Crippen molar-refractivity contribution < 1.29 is 9.52 Å². The van der Waals surface area contributed by atoms with Gasteiger partial charge in [-0.05, 0) is 25.1 Å². The van der Waals surface area contributed by atoms with Gasteiger partial charge in [-0.2, -0.15) is 0 Å². The number of rotatable bonds is 4. The summed E-state index contributed by atoms with van der Waals surface area (Å²) in [6.07, 6.45) is 3.93. The van der Waals surface area contributed by atoms with E-state index in [9.17, 15) is 9.90 Å². The predicted octanol–water partition coefficient (Wildman–Crippen LogP) is 3.72. The van der Waals surface area contributed by atoms with Crippen LogP contribution in [0.5, 0.6) is 0 Å². The molecule has 0 aliphatic rings. The first kappa shape index (κ1) is 16.4. The third-order valence-electron chi connectivity index (χ3n) is 3.93. The third kappa shape index (κ3) is 3.10. The van der Waals surface area contributed by atoms with E-state index in [0.717, 1.165) is 10.4 Å². The Kier molecular flexibility index (Phi) is 4.24. The van der Waals surface area contributed by atoms with Gasteiger partial charge >= 0.3 is 0 Å². The maximum Gasteiger partial charge on any atom is 0.193 e. The third-order valence-corrected chi connectivity index (χ3v) is 4.77. The van der Waals surface area contributed by atoms with Crippen LogP contribution >= 0.6 is 11.3 Å². The number of aromatic nitrogens is 2. The lowest BCUT2D eigenvalue weighted by Crippen LogP contribution is -2.11. The lowest BCUT2D eigenvalue weighted by molar-refractivity contribution is 0.208. The van der Waals surface area contributed by atoms with Crippen LogP contribution in [0.15, 0.2) is 64.2 Å². The highest BCUT2D eigenvalue weighted by molar-refractivity contribution is 7.15. The molecule has 26 heavy (non-hydrogen) atoms. The van der Waals surface area contributed by atoms with Crippen molar-refractivity contribution in [1.29, 1.82) is 0 Å². The van der Waals surface area contributed by atoms with Crippen LogP contribution in [0.4, 0.5) is 5.13 Å². The van der Waals surface area contributed by atoms with Crippen LogP contribution in [0, 0.1) is 6.92 Å². The Labute approximate surface area is 152 Å². The van der Waals surface area contributed by atoms with Gasteiger partial charge in [-0.25, -0.2) is 4.98 Å². The number of fused-ring (bicyclic) bond motifs is 1. The molecule has 0 spiro atoms. The number of hydrogen-bond acceptors (Lipinski definition) is 7. The molecular weight excluding hydrogens is 350 g/mol. The fourth-order valence-corrected chi connectivity index (χ4v) is 3.38. The Morgan fingerprint density at radius 3 is 2.77 bits per heavy atom. The molecule has 0 saturated heterocycles. The van der Waals surface area contributed by atoms with Crippen LogP contribution in [0.2, 0.25) is 0 Å². The van der Waals surface area contributed by atoms with Gasteiger partial charge in [0.1, 0.15) is 11.3 Å². The number of anilines is 1. The van der Waals surface area contributed by atoms with E-state index in [1.165, 1.54) is 17.4 Å². The Hall–Kier alpha value is -3.03. The summed E-state index contributed by atoms with van der Waals surface area (Å²) in [5.41, 5.74) is 1.40. The van der Waals surface area contributed by atoms with E-state index in [4.69, 9.17) is 4.42 Å². The van der Waals surface area contributed by atoms with Crippen molar-refractivity contribution in [3.63, 3.8) is 0 Å². The number of thiazole rings is 1. The minimum absolute atomic E-state index is 0.169. The summed E-state index contributed by atoms with van der Waals surface area (Å²) >= 11 is 1.44. The number of hydrogen-bond donors (Lipinski definition) is 2. The standard InChI is InChI=1S/C19H15N3O3S/c1-11-10-21-19(26-11)22-18(24)14-4-2-3-13-15(23)9-16(25-17(13)14)12-5-7-20-8-6-12/h2-10,18,24H,1H3,(H,21,22). The van der Waals surface area contributed by atoms with Crippen LogP contribution in [0.3, 0.4) is 0 Å². The number of nitrogens with zero attached hydrogens (tertiary/aromatic N) is 2. The minimum Gasteiger partial charge on any atom is -0.455 e. The van der Waals surface area contributed by atoms with Gasteiger partial charge in [0.2, 0.25) is 0 Å². The molecule has 1 aromatic carbocycles. The van der Waals surface area contributed by atoms with Crippen molar-refractivity contribution in [2.75, 3.05) is 5.32 Å². The van der Waals surface area contributed by atoms with Crippen LogP contribution in [0.1, 0.15) is 16.7 Å².